The summed E-state index contributed by atoms with van der Waals surface area (Å²) in [5, 5.41) is 11.1. The molecule has 1 saturated heterocycles. The number of methoxy groups -OCH3 is 2. The summed E-state index contributed by atoms with van der Waals surface area (Å²) >= 11 is 0. The third-order valence-electron chi connectivity index (χ3n) is 5.42. The van der Waals surface area contributed by atoms with E-state index in [2.05, 4.69) is 15.5 Å². The van der Waals surface area contributed by atoms with Crippen molar-refractivity contribution in [1.82, 2.24) is 20.4 Å². The lowest BCUT2D eigenvalue weighted by atomic mass is 10.1. The number of nitrogens with zero attached hydrogens (tertiary/aromatic N) is 3. The zero-order valence-electron chi connectivity index (χ0n) is 17.9. The number of benzene rings is 2. The Morgan fingerprint density at radius 2 is 1.78 bits per heavy atom. The predicted octanol–water partition coefficient (Wildman–Crippen LogP) is 2.81. The van der Waals surface area contributed by atoms with E-state index in [0.29, 0.717) is 48.0 Å². The molecule has 0 aliphatic carbocycles. The SMILES string of the molecule is COc1cccc(C(=O)NC2CCN(C(=O)c3ccc(-c4ccc(OC)nn4)cc3)C2)c1. The molecule has 1 aliphatic heterocycles. The van der Waals surface area contributed by atoms with Crippen LogP contribution in [-0.2, 0) is 0 Å². The van der Waals surface area contributed by atoms with Crippen molar-refractivity contribution >= 4 is 11.8 Å². The number of nitrogens with one attached hydrogen (secondary N) is 1. The number of likely N-dealkylation sites (tertiary alicyclic amines) is 1. The number of amides is 2. The molecule has 8 heteroatoms. The van der Waals surface area contributed by atoms with Gasteiger partial charge in [0.1, 0.15) is 5.75 Å². The maximum absolute atomic E-state index is 12.9. The minimum absolute atomic E-state index is 0.0597. The van der Waals surface area contributed by atoms with Gasteiger partial charge >= 0.3 is 0 Å². The smallest absolute Gasteiger partial charge is 0.253 e. The van der Waals surface area contributed by atoms with Crippen molar-refractivity contribution in [3.05, 3.63) is 71.8 Å². The Morgan fingerprint density at radius 3 is 2.47 bits per heavy atom. The number of ether oxygens (including phenoxy) is 2. The summed E-state index contributed by atoms with van der Waals surface area (Å²) in [6.45, 7) is 1.06. The van der Waals surface area contributed by atoms with Crippen molar-refractivity contribution in [2.75, 3.05) is 27.3 Å². The summed E-state index contributed by atoms with van der Waals surface area (Å²) in [5.41, 5.74) is 2.69. The minimum atomic E-state index is -0.173. The number of carbonyl (C=O) groups is 2. The van der Waals surface area contributed by atoms with Crippen molar-refractivity contribution in [3.8, 4) is 22.9 Å². The van der Waals surface area contributed by atoms with Crippen molar-refractivity contribution in [1.29, 1.82) is 0 Å². The van der Waals surface area contributed by atoms with E-state index in [-0.39, 0.29) is 17.9 Å². The van der Waals surface area contributed by atoms with E-state index in [4.69, 9.17) is 9.47 Å². The topological polar surface area (TPSA) is 93.7 Å². The molecule has 4 rings (SSSR count). The number of aromatic nitrogens is 2. The van der Waals surface area contributed by atoms with E-state index in [9.17, 15) is 9.59 Å². The van der Waals surface area contributed by atoms with Gasteiger partial charge in [-0.05, 0) is 42.8 Å². The summed E-state index contributed by atoms with van der Waals surface area (Å²) in [6, 6.07) is 17.7. The molecule has 32 heavy (non-hydrogen) atoms. The van der Waals surface area contributed by atoms with Crippen LogP contribution >= 0.6 is 0 Å². The van der Waals surface area contributed by atoms with Crippen LogP contribution in [0.1, 0.15) is 27.1 Å². The second-order valence-corrected chi connectivity index (χ2v) is 7.48. The van der Waals surface area contributed by atoms with Gasteiger partial charge < -0.3 is 19.7 Å². The van der Waals surface area contributed by atoms with Gasteiger partial charge in [-0.1, -0.05) is 18.2 Å². The van der Waals surface area contributed by atoms with Gasteiger partial charge in [-0.25, -0.2) is 0 Å². The Labute approximate surface area is 186 Å². The third kappa shape index (κ3) is 4.69. The van der Waals surface area contributed by atoms with Crippen LogP contribution in [0, 0.1) is 0 Å². The van der Waals surface area contributed by atoms with Gasteiger partial charge in [0.25, 0.3) is 11.8 Å². The molecule has 1 fully saturated rings. The van der Waals surface area contributed by atoms with Crippen LogP contribution in [-0.4, -0.2) is 60.3 Å². The highest BCUT2D eigenvalue weighted by molar-refractivity contribution is 5.96. The number of carbonyl (C=O) groups excluding carboxylic acids is 2. The van der Waals surface area contributed by atoms with E-state index in [1.165, 1.54) is 7.11 Å². The number of hydrogen-bond donors (Lipinski definition) is 1. The monoisotopic (exact) mass is 432 g/mol. The van der Waals surface area contributed by atoms with Crippen molar-refractivity contribution in [2.24, 2.45) is 0 Å². The first-order chi connectivity index (χ1) is 15.6. The van der Waals surface area contributed by atoms with Crippen LogP contribution in [0.4, 0.5) is 0 Å². The van der Waals surface area contributed by atoms with E-state index in [0.717, 1.165) is 5.56 Å². The largest absolute Gasteiger partial charge is 0.497 e. The molecule has 2 aromatic carbocycles. The van der Waals surface area contributed by atoms with E-state index in [1.54, 1.807) is 54.5 Å². The molecule has 164 valence electrons. The molecule has 0 saturated carbocycles. The van der Waals surface area contributed by atoms with E-state index >= 15 is 0 Å². The molecule has 8 nitrogen and oxygen atoms in total. The summed E-state index contributed by atoms with van der Waals surface area (Å²) in [6.07, 6.45) is 0.709. The second-order valence-electron chi connectivity index (χ2n) is 7.48. The Morgan fingerprint density at radius 1 is 0.969 bits per heavy atom. The molecule has 0 bridgehead atoms. The number of rotatable bonds is 6. The van der Waals surface area contributed by atoms with Crippen LogP contribution in [0.5, 0.6) is 11.6 Å². The van der Waals surface area contributed by atoms with Crippen molar-refractivity contribution in [2.45, 2.75) is 12.5 Å². The molecule has 1 atom stereocenters. The molecule has 1 aliphatic rings. The van der Waals surface area contributed by atoms with Crippen molar-refractivity contribution in [3.63, 3.8) is 0 Å². The normalized spacial score (nSPS) is 15.3. The van der Waals surface area contributed by atoms with Crippen LogP contribution < -0.4 is 14.8 Å². The minimum Gasteiger partial charge on any atom is -0.497 e. The Balaban J connectivity index is 1.36. The summed E-state index contributed by atoms with van der Waals surface area (Å²) in [4.78, 5) is 27.2. The fourth-order valence-corrected chi connectivity index (χ4v) is 3.64. The van der Waals surface area contributed by atoms with Gasteiger partial charge in [-0.3, -0.25) is 9.59 Å². The predicted molar refractivity (Wildman–Crippen MR) is 119 cm³/mol. The lowest BCUT2D eigenvalue weighted by molar-refractivity contribution is 0.0783. The zero-order valence-corrected chi connectivity index (χ0v) is 17.9. The van der Waals surface area contributed by atoms with Gasteiger partial charge in [-0.15, -0.1) is 10.2 Å². The summed E-state index contributed by atoms with van der Waals surface area (Å²) < 4.78 is 10.2. The standard InChI is InChI=1S/C24H24N4O4/c1-31-20-5-3-4-18(14-20)23(29)25-19-12-13-28(15-19)24(30)17-8-6-16(7-9-17)21-10-11-22(32-2)27-26-21/h3-11,14,19H,12-13,15H2,1-2H3,(H,25,29). The molecule has 1 N–H and O–H groups in total. The molecule has 0 radical (unpaired) electrons. The first-order valence-electron chi connectivity index (χ1n) is 10.3. The van der Waals surface area contributed by atoms with Gasteiger partial charge in [0.15, 0.2) is 0 Å². The molecule has 2 heterocycles. The Bertz CT molecular complexity index is 1100. The highest BCUT2D eigenvalue weighted by atomic mass is 16.5. The third-order valence-corrected chi connectivity index (χ3v) is 5.42. The molecule has 1 unspecified atom stereocenters. The highest BCUT2D eigenvalue weighted by Gasteiger charge is 2.28. The molecule has 3 aromatic rings. The quantitative estimate of drug-likeness (QED) is 0.644. The van der Waals surface area contributed by atoms with E-state index in [1.807, 2.05) is 18.2 Å². The molecular formula is C24H24N4O4. The molecule has 0 spiro atoms. The second kappa shape index (κ2) is 9.47. The maximum Gasteiger partial charge on any atom is 0.253 e. The summed E-state index contributed by atoms with van der Waals surface area (Å²) in [7, 11) is 3.10. The zero-order chi connectivity index (χ0) is 22.5. The molecule has 1 aromatic heterocycles. The lowest BCUT2D eigenvalue weighted by Gasteiger charge is -2.17. The maximum atomic E-state index is 12.9. The van der Waals surface area contributed by atoms with Gasteiger partial charge in [0.2, 0.25) is 5.88 Å². The van der Waals surface area contributed by atoms with Gasteiger partial charge in [0, 0.05) is 41.9 Å². The highest BCUT2D eigenvalue weighted by Crippen LogP contribution is 2.21. The number of hydrogen-bond acceptors (Lipinski definition) is 6. The Hall–Kier alpha value is -3.94. The van der Waals surface area contributed by atoms with Crippen LogP contribution in [0.3, 0.4) is 0 Å². The van der Waals surface area contributed by atoms with Gasteiger partial charge in [0.05, 0.1) is 19.9 Å². The average molecular weight is 432 g/mol. The van der Waals surface area contributed by atoms with Crippen LogP contribution in [0.2, 0.25) is 0 Å². The van der Waals surface area contributed by atoms with Gasteiger partial charge in [-0.2, -0.15) is 0 Å². The fourth-order valence-electron chi connectivity index (χ4n) is 3.64. The first kappa shape index (κ1) is 21.3. The molecule has 2 amide bonds. The Kier molecular flexibility index (Phi) is 6.30. The summed E-state index contributed by atoms with van der Waals surface area (Å²) in [5.74, 6) is 0.844. The van der Waals surface area contributed by atoms with Crippen molar-refractivity contribution < 1.29 is 19.1 Å². The van der Waals surface area contributed by atoms with Crippen LogP contribution in [0.15, 0.2) is 60.7 Å². The van der Waals surface area contributed by atoms with Crippen LogP contribution in [0.25, 0.3) is 11.3 Å². The fraction of sp³-hybridized carbons (Fsp3) is 0.250. The van der Waals surface area contributed by atoms with E-state index < -0.39 is 0 Å². The lowest BCUT2D eigenvalue weighted by Crippen LogP contribution is -2.38. The average Bonchev–Trinajstić information content (AvgIpc) is 3.32. The molecular weight excluding hydrogens is 408 g/mol. The first-order valence-corrected chi connectivity index (χ1v) is 10.3.